The summed E-state index contributed by atoms with van der Waals surface area (Å²) < 4.78 is 0. The maximum absolute atomic E-state index is 4.54. The maximum Gasteiger partial charge on any atom is 0.0882 e. The summed E-state index contributed by atoms with van der Waals surface area (Å²) in [7, 11) is 0. The van der Waals surface area contributed by atoms with Crippen LogP contribution in [0.2, 0.25) is 0 Å². The standard InChI is InChI=1S/C11H14N2/c1-8(2)7-9-3-4-10-11(13-9)5-6-12-10/h3-6,8,12H,7H2,1-2H3. The third-order valence-corrected chi connectivity index (χ3v) is 2.08. The van der Waals surface area contributed by atoms with Gasteiger partial charge in [-0.2, -0.15) is 0 Å². The summed E-state index contributed by atoms with van der Waals surface area (Å²) in [6.45, 7) is 4.42. The van der Waals surface area contributed by atoms with Crippen molar-refractivity contribution in [2.24, 2.45) is 5.92 Å². The van der Waals surface area contributed by atoms with Crippen LogP contribution in [0.15, 0.2) is 24.4 Å². The Morgan fingerprint density at radius 2 is 2.15 bits per heavy atom. The molecule has 68 valence electrons. The van der Waals surface area contributed by atoms with Gasteiger partial charge in [-0.05, 0) is 30.5 Å². The minimum atomic E-state index is 0.670. The molecule has 0 saturated heterocycles. The van der Waals surface area contributed by atoms with Crippen LogP contribution in [-0.2, 0) is 6.42 Å². The lowest BCUT2D eigenvalue weighted by atomic mass is 10.1. The summed E-state index contributed by atoms with van der Waals surface area (Å²) in [4.78, 5) is 7.68. The van der Waals surface area contributed by atoms with Gasteiger partial charge in [-0.3, -0.25) is 4.98 Å². The molecule has 0 atom stereocenters. The Bertz CT molecular complexity index is 401. The molecule has 0 aromatic carbocycles. The Morgan fingerprint density at radius 1 is 1.31 bits per heavy atom. The molecular formula is C11H14N2. The van der Waals surface area contributed by atoms with Gasteiger partial charge in [0.05, 0.1) is 11.0 Å². The van der Waals surface area contributed by atoms with Crippen LogP contribution in [0.4, 0.5) is 0 Å². The lowest BCUT2D eigenvalue weighted by molar-refractivity contribution is 0.637. The molecule has 0 aliphatic heterocycles. The van der Waals surface area contributed by atoms with Crippen LogP contribution >= 0.6 is 0 Å². The highest BCUT2D eigenvalue weighted by Crippen LogP contribution is 2.12. The number of hydrogen-bond donors (Lipinski definition) is 1. The highest BCUT2D eigenvalue weighted by molar-refractivity contribution is 5.74. The quantitative estimate of drug-likeness (QED) is 0.745. The van der Waals surface area contributed by atoms with Crippen molar-refractivity contribution in [2.75, 3.05) is 0 Å². The molecule has 0 fully saturated rings. The molecule has 13 heavy (non-hydrogen) atoms. The van der Waals surface area contributed by atoms with Crippen LogP contribution in [0.1, 0.15) is 19.5 Å². The van der Waals surface area contributed by atoms with E-state index in [1.54, 1.807) is 0 Å². The molecule has 2 heteroatoms. The van der Waals surface area contributed by atoms with E-state index >= 15 is 0 Å². The zero-order valence-corrected chi connectivity index (χ0v) is 8.04. The van der Waals surface area contributed by atoms with E-state index in [-0.39, 0.29) is 0 Å². The molecular weight excluding hydrogens is 160 g/mol. The zero-order valence-electron chi connectivity index (χ0n) is 8.04. The number of H-pyrrole nitrogens is 1. The van der Waals surface area contributed by atoms with Gasteiger partial charge in [0.15, 0.2) is 0 Å². The molecule has 0 radical (unpaired) electrons. The summed E-state index contributed by atoms with van der Waals surface area (Å²) in [5.41, 5.74) is 3.37. The van der Waals surface area contributed by atoms with Gasteiger partial charge in [0.1, 0.15) is 0 Å². The number of nitrogens with zero attached hydrogens (tertiary/aromatic N) is 1. The number of fused-ring (bicyclic) bond motifs is 1. The average molecular weight is 174 g/mol. The number of hydrogen-bond acceptors (Lipinski definition) is 1. The second kappa shape index (κ2) is 3.21. The highest BCUT2D eigenvalue weighted by Gasteiger charge is 2.00. The van der Waals surface area contributed by atoms with E-state index in [9.17, 15) is 0 Å². The first-order valence-corrected chi connectivity index (χ1v) is 4.69. The van der Waals surface area contributed by atoms with Gasteiger partial charge in [-0.25, -0.2) is 0 Å². The minimum Gasteiger partial charge on any atom is -0.360 e. The van der Waals surface area contributed by atoms with Gasteiger partial charge >= 0.3 is 0 Å². The second-order valence-corrected chi connectivity index (χ2v) is 3.81. The van der Waals surface area contributed by atoms with Crippen molar-refractivity contribution in [1.29, 1.82) is 0 Å². The number of rotatable bonds is 2. The van der Waals surface area contributed by atoms with E-state index in [1.165, 1.54) is 5.69 Å². The number of pyridine rings is 1. The Morgan fingerprint density at radius 3 is 2.92 bits per heavy atom. The van der Waals surface area contributed by atoms with Crippen molar-refractivity contribution < 1.29 is 0 Å². The van der Waals surface area contributed by atoms with Gasteiger partial charge in [0, 0.05) is 11.9 Å². The summed E-state index contributed by atoms with van der Waals surface area (Å²) in [5.74, 6) is 0.670. The van der Waals surface area contributed by atoms with E-state index in [0.29, 0.717) is 5.92 Å². The van der Waals surface area contributed by atoms with Gasteiger partial charge in [0.25, 0.3) is 0 Å². The SMILES string of the molecule is CC(C)Cc1ccc2[nH]ccc2n1. The van der Waals surface area contributed by atoms with E-state index in [2.05, 4.69) is 35.9 Å². The molecule has 0 aliphatic rings. The molecule has 0 unspecified atom stereocenters. The summed E-state index contributed by atoms with van der Waals surface area (Å²) >= 11 is 0. The molecule has 0 amide bonds. The average Bonchev–Trinajstić information content (AvgIpc) is 2.49. The molecule has 0 saturated carbocycles. The first-order valence-electron chi connectivity index (χ1n) is 4.69. The molecule has 0 aliphatic carbocycles. The minimum absolute atomic E-state index is 0.670. The first-order chi connectivity index (χ1) is 6.25. The summed E-state index contributed by atoms with van der Waals surface area (Å²) in [5, 5.41) is 0. The Balaban J connectivity index is 2.37. The first kappa shape index (κ1) is 8.30. The lowest BCUT2D eigenvalue weighted by Gasteiger charge is -2.03. The van der Waals surface area contributed by atoms with Gasteiger partial charge in [0.2, 0.25) is 0 Å². The van der Waals surface area contributed by atoms with Crippen LogP contribution in [0.3, 0.4) is 0 Å². The molecule has 2 aromatic heterocycles. The van der Waals surface area contributed by atoms with E-state index in [4.69, 9.17) is 0 Å². The third kappa shape index (κ3) is 1.72. The fraction of sp³-hybridized carbons (Fsp3) is 0.364. The van der Waals surface area contributed by atoms with Gasteiger partial charge in [-0.15, -0.1) is 0 Å². The monoisotopic (exact) mass is 174 g/mol. The predicted molar refractivity (Wildman–Crippen MR) is 54.6 cm³/mol. The fourth-order valence-electron chi connectivity index (χ4n) is 1.51. The molecule has 0 spiro atoms. The largest absolute Gasteiger partial charge is 0.360 e. The molecule has 2 nitrogen and oxygen atoms in total. The van der Waals surface area contributed by atoms with Crippen LogP contribution in [0, 0.1) is 5.92 Å². The number of nitrogens with one attached hydrogen (secondary N) is 1. The number of aromatic amines is 1. The molecule has 2 aromatic rings. The van der Waals surface area contributed by atoms with Crippen molar-refractivity contribution in [3.8, 4) is 0 Å². The van der Waals surface area contributed by atoms with Gasteiger partial charge < -0.3 is 4.98 Å². The van der Waals surface area contributed by atoms with Crippen LogP contribution in [0.25, 0.3) is 11.0 Å². The molecule has 2 rings (SSSR count). The van der Waals surface area contributed by atoms with Crippen molar-refractivity contribution in [3.63, 3.8) is 0 Å². The Hall–Kier alpha value is -1.31. The Labute approximate surface area is 78.0 Å². The van der Waals surface area contributed by atoms with E-state index in [0.717, 1.165) is 17.5 Å². The van der Waals surface area contributed by atoms with Crippen LogP contribution in [-0.4, -0.2) is 9.97 Å². The van der Waals surface area contributed by atoms with E-state index in [1.807, 2.05) is 12.3 Å². The zero-order chi connectivity index (χ0) is 9.26. The Kier molecular flexibility index (Phi) is 2.05. The van der Waals surface area contributed by atoms with E-state index < -0.39 is 0 Å². The molecule has 0 bridgehead atoms. The normalized spacial score (nSPS) is 11.3. The topological polar surface area (TPSA) is 28.7 Å². The van der Waals surface area contributed by atoms with Crippen LogP contribution in [0.5, 0.6) is 0 Å². The van der Waals surface area contributed by atoms with Crippen molar-refractivity contribution in [1.82, 2.24) is 9.97 Å². The van der Waals surface area contributed by atoms with Crippen molar-refractivity contribution in [3.05, 3.63) is 30.1 Å². The predicted octanol–water partition coefficient (Wildman–Crippen LogP) is 2.76. The number of aromatic nitrogens is 2. The van der Waals surface area contributed by atoms with Gasteiger partial charge in [-0.1, -0.05) is 13.8 Å². The molecule has 1 N–H and O–H groups in total. The highest BCUT2D eigenvalue weighted by atomic mass is 14.8. The van der Waals surface area contributed by atoms with Crippen molar-refractivity contribution in [2.45, 2.75) is 20.3 Å². The molecule has 2 heterocycles. The summed E-state index contributed by atoms with van der Waals surface area (Å²) in [6.07, 6.45) is 2.98. The lowest BCUT2D eigenvalue weighted by Crippen LogP contribution is -1.96. The summed E-state index contributed by atoms with van der Waals surface area (Å²) in [6, 6.07) is 6.21. The van der Waals surface area contributed by atoms with Crippen molar-refractivity contribution >= 4 is 11.0 Å². The third-order valence-electron chi connectivity index (χ3n) is 2.08. The maximum atomic E-state index is 4.54. The van der Waals surface area contributed by atoms with Crippen LogP contribution < -0.4 is 0 Å². The smallest absolute Gasteiger partial charge is 0.0882 e. The second-order valence-electron chi connectivity index (χ2n) is 3.81. The fourth-order valence-corrected chi connectivity index (χ4v) is 1.51.